The largest absolute Gasteiger partial charge is 0.480 e. The number of amides is 1. The molecule has 1 aliphatic rings. The van der Waals surface area contributed by atoms with Gasteiger partial charge in [-0.05, 0) is 34.2 Å². The molecule has 0 unspecified atom stereocenters. The zero-order valence-corrected chi connectivity index (χ0v) is 14.7. The Kier molecular flexibility index (Phi) is 5.40. The lowest BCUT2D eigenvalue weighted by Crippen LogP contribution is -2.44. The summed E-state index contributed by atoms with van der Waals surface area (Å²) in [6.45, 7) is 0.712. The first-order valence-corrected chi connectivity index (χ1v) is 8.44. The van der Waals surface area contributed by atoms with Crippen LogP contribution in [0.3, 0.4) is 0 Å². The molecular weight excluding hydrogens is 350 g/mol. The summed E-state index contributed by atoms with van der Waals surface area (Å²) in [7, 11) is 0. The predicted molar refractivity (Wildman–Crippen MR) is 96.1 cm³/mol. The molecule has 0 aromatic heterocycles. The van der Waals surface area contributed by atoms with Crippen LogP contribution in [0.1, 0.15) is 23.6 Å². The highest BCUT2D eigenvalue weighted by atomic mass is 16.6. The Balaban J connectivity index is 1.63. The van der Waals surface area contributed by atoms with E-state index in [2.05, 4.69) is 22.2 Å². The second-order valence-corrected chi connectivity index (χ2v) is 6.19. The molecule has 27 heavy (non-hydrogen) atoms. The van der Waals surface area contributed by atoms with Crippen molar-refractivity contribution >= 4 is 18.0 Å². The molecule has 3 rings (SSSR count). The van der Waals surface area contributed by atoms with Gasteiger partial charge in [-0.3, -0.25) is 4.79 Å². The quantitative estimate of drug-likeness (QED) is 0.647. The van der Waals surface area contributed by atoms with Crippen molar-refractivity contribution in [1.29, 1.82) is 0 Å². The van der Waals surface area contributed by atoms with Crippen LogP contribution in [0, 0.1) is 0 Å². The van der Waals surface area contributed by atoms with Crippen molar-refractivity contribution in [2.75, 3.05) is 6.61 Å². The number of hydrogen-bond donors (Lipinski definition) is 2. The first-order valence-electron chi connectivity index (χ1n) is 8.44. The minimum Gasteiger partial charge on any atom is -0.480 e. The van der Waals surface area contributed by atoms with Gasteiger partial charge in [0.2, 0.25) is 0 Å². The summed E-state index contributed by atoms with van der Waals surface area (Å²) in [6.07, 6.45) is -0.126. The number of esters is 1. The minimum absolute atomic E-state index is 0.0168. The first-order chi connectivity index (χ1) is 13.0. The lowest BCUT2D eigenvalue weighted by Gasteiger charge is -2.15. The van der Waals surface area contributed by atoms with Gasteiger partial charge in [-0.1, -0.05) is 42.5 Å². The number of rotatable bonds is 6. The van der Waals surface area contributed by atoms with Crippen LogP contribution < -0.4 is 5.32 Å². The van der Waals surface area contributed by atoms with Crippen LogP contribution in [0.25, 0.3) is 11.1 Å². The summed E-state index contributed by atoms with van der Waals surface area (Å²) in [5.41, 5.74) is 5.47. The lowest BCUT2D eigenvalue weighted by atomic mass is 10.0. The number of carbonyl (C=O) groups excluding carboxylic acids is 2. The topological polar surface area (TPSA) is 102 Å². The maximum absolute atomic E-state index is 12.0. The van der Waals surface area contributed by atoms with Gasteiger partial charge in [-0.15, -0.1) is 0 Å². The van der Waals surface area contributed by atoms with E-state index in [0.29, 0.717) is 0 Å². The molecule has 1 amide bonds. The molecular formula is C20H19NO6. The van der Waals surface area contributed by atoms with Gasteiger partial charge in [-0.2, -0.15) is 0 Å². The molecule has 2 aromatic rings. The molecule has 0 aliphatic heterocycles. The third kappa shape index (κ3) is 4.25. The van der Waals surface area contributed by atoms with Crippen molar-refractivity contribution in [2.45, 2.75) is 26.0 Å². The number of nitrogens with one attached hydrogen (secondary N) is 1. The van der Waals surface area contributed by atoms with E-state index in [9.17, 15) is 14.4 Å². The van der Waals surface area contributed by atoms with E-state index in [4.69, 9.17) is 9.84 Å². The standard InChI is InChI=1S/C20H19NO6/c1-12(22)26-11-18(19(23)24)21-20(25)27-10-14-6-4-8-16-15-7-3-2-5-13(15)9-17(14)16/h2-8,18H,9-11H2,1H3,(H,21,25)(H,23,24)/t18-/m0/s1. The molecule has 7 nitrogen and oxygen atoms in total. The Morgan fingerprint density at radius 3 is 2.56 bits per heavy atom. The SMILES string of the molecule is CC(=O)OC[C@H](NC(=O)OCc1cccc2c1Cc1ccccc1-2)C(=O)O. The number of carboxylic acids is 1. The highest BCUT2D eigenvalue weighted by molar-refractivity contribution is 5.81. The van der Waals surface area contributed by atoms with Crippen LogP contribution in [0.2, 0.25) is 0 Å². The number of benzene rings is 2. The number of alkyl carbamates (subject to hydrolysis) is 1. The van der Waals surface area contributed by atoms with Crippen molar-refractivity contribution in [3.63, 3.8) is 0 Å². The first kappa shape index (κ1) is 18.4. The summed E-state index contributed by atoms with van der Waals surface area (Å²) >= 11 is 0. The van der Waals surface area contributed by atoms with Gasteiger partial charge in [0.25, 0.3) is 0 Å². The zero-order valence-electron chi connectivity index (χ0n) is 14.7. The summed E-state index contributed by atoms with van der Waals surface area (Å²) < 4.78 is 9.82. The highest BCUT2D eigenvalue weighted by Crippen LogP contribution is 2.38. The summed E-state index contributed by atoms with van der Waals surface area (Å²) in [6, 6.07) is 12.5. The van der Waals surface area contributed by atoms with Gasteiger partial charge in [0.1, 0.15) is 13.2 Å². The van der Waals surface area contributed by atoms with Crippen molar-refractivity contribution in [2.24, 2.45) is 0 Å². The fraction of sp³-hybridized carbons (Fsp3) is 0.250. The van der Waals surface area contributed by atoms with Crippen molar-refractivity contribution in [3.05, 3.63) is 59.2 Å². The Bertz CT molecular complexity index is 892. The minimum atomic E-state index is -1.37. The molecule has 1 atom stereocenters. The lowest BCUT2D eigenvalue weighted by molar-refractivity contribution is -0.146. The van der Waals surface area contributed by atoms with Gasteiger partial charge < -0.3 is 19.9 Å². The number of aliphatic carboxylic acids is 1. The van der Waals surface area contributed by atoms with Crippen molar-refractivity contribution in [1.82, 2.24) is 5.32 Å². The van der Waals surface area contributed by atoms with Gasteiger partial charge >= 0.3 is 18.0 Å². The van der Waals surface area contributed by atoms with E-state index in [1.54, 1.807) is 0 Å². The second kappa shape index (κ2) is 7.90. The van der Waals surface area contributed by atoms with E-state index in [0.717, 1.165) is 30.0 Å². The van der Waals surface area contributed by atoms with Crippen LogP contribution in [-0.2, 0) is 32.1 Å². The molecule has 7 heteroatoms. The van der Waals surface area contributed by atoms with E-state index in [-0.39, 0.29) is 6.61 Å². The van der Waals surface area contributed by atoms with Gasteiger partial charge in [0, 0.05) is 6.92 Å². The van der Waals surface area contributed by atoms with E-state index in [1.165, 1.54) is 11.1 Å². The number of carboxylic acid groups (broad SMARTS) is 1. The predicted octanol–water partition coefficient (Wildman–Crippen LogP) is 2.50. The smallest absolute Gasteiger partial charge is 0.408 e. The monoisotopic (exact) mass is 369 g/mol. The normalized spacial score (nSPS) is 12.5. The number of ether oxygens (including phenoxy) is 2. The Morgan fingerprint density at radius 1 is 1.07 bits per heavy atom. The average Bonchev–Trinajstić information content (AvgIpc) is 3.02. The molecule has 0 heterocycles. The zero-order chi connectivity index (χ0) is 19.4. The summed E-state index contributed by atoms with van der Waals surface area (Å²) in [5.74, 6) is -1.94. The van der Waals surface area contributed by atoms with Crippen molar-refractivity contribution in [3.8, 4) is 11.1 Å². The third-order valence-corrected chi connectivity index (χ3v) is 4.35. The van der Waals surface area contributed by atoms with Crippen LogP contribution >= 0.6 is 0 Å². The molecule has 2 aromatic carbocycles. The summed E-state index contributed by atoms with van der Waals surface area (Å²) in [4.78, 5) is 33.9. The van der Waals surface area contributed by atoms with Gasteiger partial charge in [0.05, 0.1) is 0 Å². The van der Waals surface area contributed by atoms with Crippen LogP contribution in [0.5, 0.6) is 0 Å². The molecule has 1 aliphatic carbocycles. The number of carbonyl (C=O) groups is 3. The molecule has 0 radical (unpaired) electrons. The van der Waals surface area contributed by atoms with E-state index < -0.39 is 30.7 Å². The maximum atomic E-state index is 12.0. The van der Waals surface area contributed by atoms with Crippen LogP contribution in [0.15, 0.2) is 42.5 Å². The van der Waals surface area contributed by atoms with E-state index in [1.807, 2.05) is 30.3 Å². The van der Waals surface area contributed by atoms with Crippen molar-refractivity contribution < 1.29 is 29.0 Å². The Hall–Kier alpha value is -3.35. The fourth-order valence-electron chi connectivity index (χ4n) is 3.06. The molecule has 2 N–H and O–H groups in total. The molecule has 0 bridgehead atoms. The fourth-order valence-corrected chi connectivity index (χ4v) is 3.06. The second-order valence-electron chi connectivity index (χ2n) is 6.19. The Labute approximate surface area is 155 Å². The van der Waals surface area contributed by atoms with E-state index >= 15 is 0 Å². The molecule has 140 valence electrons. The van der Waals surface area contributed by atoms with Crippen LogP contribution in [-0.4, -0.2) is 35.8 Å². The average molecular weight is 369 g/mol. The maximum Gasteiger partial charge on any atom is 0.408 e. The molecule has 0 spiro atoms. The third-order valence-electron chi connectivity index (χ3n) is 4.35. The molecule has 0 saturated carbocycles. The van der Waals surface area contributed by atoms with Gasteiger partial charge in [0.15, 0.2) is 6.04 Å². The highest BCUT2D eigenvalue weighted by Gasteiger charge is 2.23. The summed E-state index contributed by atoms with van der Waals surface area (Å²) in [5, 5.41) is 11.3. The Morgan fingerprint density at radius 2 is 1.81 bits per heavy atom. The molecule has 0 saturated heterocycles. The number of fused-ring (bicyclic) bond motifs is 3. The molecule has 0 fully saturated rings. The van der Waals surface area contributed by atoms with Gasteiger partial charge in [-0.25, -0.2) is 9.59 Å². The van der Waals surface area contributed by atoms with Crippen LogP contribution in [0.4, 0.5) is 4.79 Å². The number of hydrogen-bond acceptors (Lipinski definition) is 5.